The Labute approximate surface area is 87.3 Å². The van der Waals surface area contributed by atoms with E-state index in [4.69, 9.17) is 4.42 Å². The molecule has 1 rings (SSSR count). The molecular formula is C10H17NO2S. The monoisotopic (exact) mass is 215 g/mol. The lowest BCUT2D eigenvalue weighted by Crippen LogP contribution is -2.20. The Kier molecular flexibility index (Phi) is 4.90. The fraction of sp³-hybridized carbons (Fsp3) is 0.600. The maximum atomic E-state index is 10.8. The van der Waals surface area contributed by atoms with Gasteiger partial charge in [0.15, 0.2) is 0 Å². The van der Waals surface area contributed by atoms with Gasteiger partial charge in [-0.2, -0.15) is 0 Å². The first-order valence-corrected chi connectivity index (χ1v) is 6.48. The van der Waals surface area contributed by atoms with E-state index in [9.17, 15) is 4.21 Å². The van der Waals surface area contributed by atoms with E-state index in [0.717, 1.165) is 24.3 Å². The fourth-order valence-corrected chi connectivity index (χ4v) is 1.78. The minimum absolute atomic E-state index is 0.305. The lowest BCUT2D eigenvalue weighted by molar-refractivity contribution is 0.538. The molecular weight excluding hydrogens is 198 g/mol. The molecule has 0 saturated carbocycles. The molecule has 2 unspecified atom stereocenters. The van der Waals surface area contributed by atoms with Crippen molar-refractivity contribution < 1.29 is 8.63 Å². The molecule has 0 aromatic carbocycles. The van der Waals surface area contributed by atoms with Gasteiger partial charge in [0.1, 0.15) is 0 Å². The van der Waals surface area contributed by atoms with Gasteiger partial charge in [-0.15, -0.1) is 0 Å². The molecule has 1 heterocycles. The quantitative estimate of drug-likeness (QED) is 0.734. The smallest absolute Gasteiger partial charge is 0.0950 e. The second-order valence-corrected chi connectivity index (χ2v) is 4.92. The summed E-state index contributed by atoms with van der Waals surface area (Å²) in [6.07, 6.45) is 6.11. The fourth-order valence-electron chi connectivity index (χ4n) is 1.23. The zero-order valence-electron chi connectivity index (χ0n) is 8.66. The van der Waals surface area contributed by atoms with Crippen molar-refractivity contribution in [1.29, 1.82) is 0 Å². The minimum atomic E-state index is -0.676. The van der Waals surface area contributed by atoms with E-state index in [1.807, 2.05) is 6.07 Å². The van der Waals surface area contributed by atoms with Crippen molar-refractivity contribution in [1.82, 2.24) is 5.32 Å². The Balaban J connectivity index is 2.16. The second kappa shape index (κ2) is 5.98. The highest BCUT2D eigenvalue weighted by Gasteiger charge is 2.04. The maximum Gasteiger partial charge on any atom is 0.0950 e. The highest BCUT2D eigenvalue weighted by Crippen LogP contribution is 2.11. The molecule has 0 saturated heterocycles. The van der Waals surface area contributed by atoms with Crippen LogP contribution in [-0.4, -0.2) is 22.8 Å². The van der Waals surface area contributed by atoms with Gasteiger partial charge in [0.05, 0.1) is 12.5 Å². The van der Waals surface area contributed by atoms with E-state index >= 15 is 0 Å². The first-order chi connectivity index (χ1) is 6.70. The van der Waals surface area contributed by atoms with Gasteiger partial charge < -0.3 is 9.73 Å². The van der Waals surface area contributed by atoms with E-state index in [1.165, 1.54) is 0 Å². The summed E-state index contributed by atoms with van der Waals surface area (Å²) in [6, 6.07) is 2.26. The normalized spacial score (nSPS) is 15.3. The lowest BCUT2D eigenvalue weighted by Gasteiger charge is -2.10. The SMILES string of the molecule is CC(NCCCS(C)=O)c1ccoc1. The van der Waals surface area contributed by atoms with E-state index in [2.05, 4.69) is 12.2 Å². The van der Waals surface area contributed by atoms with Crippen LogP contribution in [0.15, 0.2) is 23.0 Å². The van der Waals surface area contributed by atoms with Crippen molar-refractivity contribution in [2.75, 3.05) is 18.6 Å². The van der Waals surface area contributed by atoms with Crippen LogP contribution in [0.1, 0.15) is 24.9 Å². The Morgan fingerprint density at radius 1 is 1.64 bits per heavy atom. The molecule has 1 aromatic rings. The van der Waals surface area contributed by atoms with Gasteiger partial charge in [-0.25, -0.2) is 0 Å². The zero-order chi connectivity index (χ0) is 10.4. The third-order valence-corrected chi connectivity index (χ3v) is 2.97. The van der Waals surface area contributed by atoms with Crippen LogP contribution in [0.3, 0.4) is 0 Å². The van der Waals surface area contributed by atoms with Crippen molar-refractivity contribution in [3.63, 3.8) is 0 Å². The molecule has 14 heavy (non-hydrogen) atoms. The van der Waals surface area contributed by atoms with Gasteiger partial charge in [-0.1, -0.05) is 0 Å². The highest BCUT2D eigenvalue weighted by atomic mass is 32.2. The molecule has 3 nitrogen and oxygen atoms in total. The van der Waals surface area contributed by atoms with Crippen LogP contribution in [0.5, 0.6) is 0 Å². The Bertz CT molecular complexity index is 272. The molecule has 1 aromatic heterocycles. The summed E-state index contributed by atoms with van der Waals surface area (Å²) in [6.45, 7) is 2.99. The van der Waals surface area contributed by atoms with E-state index in [-0.39, 0.29) is 0 Å². The molecule has 4 heteroatoms. The van der Waals surface area contributed by atoms with Gasteiger partial charge in [0, 0.05) is 34.4 Å². The van der Waals surface area contributed by atoms with Gasteiger partial charge in [0.25, 0.3) is 0 Å². The molecule has 0 bridgehead atoms. The molecule has 1 N–H and O–H groups in total. The van der Waals surface area contributed by atoms with Gasteiger partial charge in [0.2, 0.25) is 0 Å². The Morgan fingerprint density at radius 2 is 2.43 bits per heavy atom. The van der Waals surface area contributed by atoms with E-state index in [0.29, 0.717) is 6.04 Å². The average Bonchev–Trinajstić information content (AvgIpc) is 2.64. The minimum Gasteiger partial charge on any atom is -0.472 e. The summed E-state index contributed by atoms with van der Waals surface area (Å²) < 4.78 is 15.8. The van der Waals surface area contributed by atoms with Crippen molar-refractivity contribution >= 4 is 10.8 Å². The van der Waals surface area contributed by atoms with Gasteiger partial charge in [-0.3, -0.25) is 4.21 Å². The topological polar surface area (TPSA) is 42.2 Å². The standard InChI is InChI=1S/C10H17NO2S/c1-9(10-4-6-13-8-10)11-5-3-7-14(2)12/h4,6,8-9,11H,3,5,7H2,1-2H3. The van der Waals surface area contributed by atoms with Crippen LogP contribution in [0.4, 0.5) is 0 Å². The largest absolute Gasteiger partial charge is 0.472 e. The van der Waals surface area contributed by atoms with Crippen LogP contribution in [0.25, 0.3) is 0 Å². The molecule has 0 aliphatic carbocycles. The van der Waals surface area contributed by atoms with Crippen molar-refractivity contribution in [2.45, 2.75) is 19.4 Å². The summed E-state index contributed by atoms with van der Waals surface area (Å²) in [5.74, 6) is 0.769. The maximum absolute atomic E-state index is 10.8. The first-order valence-electron chi connectivity index (χ1n) is 4.75. The summed E-state index contributed by atoms with van der Waals surface area (Å²) in [7, 11) is -0.676. The number of nitrogens with one attached hydrogen (secondary N) is 1. The van der Waals surface area contributed by atoms with Crippen LogP contribution in [-0.2, 0) is 10.8 Å². The molecule has 2 atom stereocenters. The molecule has 0 radical (unpaired) electrons. The zero-order valence-corrected chi connectivity index (χ0v) is 9.47. The van der Waals surface area contributed by atoms with Crippen molar-refractivity contribution in [3.8, 4) is 0 Å². The van der Waals surface area contributed by atoms with Crippen molar-refractivity contribution in [2.24, 2.45) is 0 Å². The Hall–Kier alpha value is -0.610. The summed E-state index contributed by atoms with van der Waals surface area (Å²) in [5.41, 5.74) is 1.16. The number of hydrogen-bond acceptors (Lipinski definition) is 3. The molecule has 80 valence electrons. The third kappa shape index (κ3) is 4.07. The summed E-state index contributed by atoms with van der Waals surface area (Å²) >= 11 is 0. The van der Waals surface area contributed by atoms with Crippen LogP contribution < -0.4 is 5.32 Å². The third-order valence-electron chi connectivity index (χ3n) is 2.10. The molecule has 0 spiro atoms. The molecule has 0 aliphatic rings. The summed E-state index contributed by atoms with van der Waals surface area (Å²) in [5, 5.41) is 3.35. The van der Waals surface area contributed by atoms with Crippen molar-refractivity contribution in [3.05, 3.63) is 24.2 Å². The number of furan rings is 1. The lowest BCUT2D eigenvalue weighted by atomic mass is 10.2. The predicted octanol–water partition coefficient (Wildman–Crippen LogP) is 1.70. The van der Waals surface area contributed by atoms with Gasteiger partial charge >= 0.3 is 0 Å². The van der Waals surface area contributed by atoms with Crippen LogP contribution in [0.2, 0.25) is 0 Å². The van der Waals surface area contributed by atoms with E-state index in [1.54, 1.807) is 18.8 Å². The second-order valence-electron chi connectivity index (χ2n) is 3.36. The van der Waals surface area contributed by atoms with Gasteiger partial charge in [-0.05, 0) is 26.0 Å². The van der Waals surface area contributed by atoms with Crippen LogP contribution >= 0.6 is 0 Å². The predicted molar refractivity (Wildman–Crippen MR) is 58.7 cm³/mol. The summed E-state index contributed by atoms with van der Waals surface area (Å²) in [4.78, 5) is 0. The molecule has 0 amide bonds. The van der Waals surface area contributed by atoms with E-state index < -0.39 is 10.8 Å². The molecule has 0 aliphatic heterocycles. The first kappa shape index (κ1) is 11.5. The highest BCUT2D eigenvalue weighted by molar-refractivity contribution is 7.84. The number of rotatable bonds is 6. The number of hydrogen-bond donors (Lipinski definition) is 1. The average molecular weight is 215 g/mol. The Morgan fingerprint density at radius 3 is 3.00 bits per heavy atom. The van der Waals surface area contributed by atoms with Crippen LogP contribution in [0, 0.1) is 0 Å². The molecule has 0 fully saturated rings.